The van der Waals surface area contributed by atoms with E-state index < -0.39 is 7.92 Å². The van der Waals surface area contributed by atoms with E-state index in [1.165, 1.54) is 21.5 Å². The first kappa shape index (κ1) is 20.1. The molecule has 0 radical (unpaired) electrons. The average molecular weight is 439 g/mol. The molecule has 0 fully saturated rings. The van der Waals surface area contributed by atoms with Gasteiger partial charge in [-0.05, 0) is 59.6 Å². The first-order valence-corrected chi connectivity index (χ1v) is 12.7. The highest BCUT2D eigenvalue weighted by molar-refractivity contribution is 7.79. The van der Waals surface area contributed by atoms with Gasteiger partial charge >= 0.3 is 0 Å². The molecule has 0 amide bonds. The maximum atomic E-state index is 13.5. The van der Waals surface area contributed by atoms with Gasteiger partial charge in [0, 0.05) is 20.2 Å². The van der Waals surface area contributed by atoms with Gasteiger partial charge in [-0.3, -0.25) is 4.79 Å². The predicted molar refractivity (Wildman–Crippen MR) is 138 cm³/mol. The molecule has 4 aromatic carbocycles. The molecule has 152 valence electrons. The summed E-state index contributed by atoms with van der Waals surface area (Å²) >= 11 is 1.71. The van der Waals surface area contributed by atoms with Crippen LogP contribution in [0.4, 0.5) is 0 Å². The smallest absolute Gasteiger partial charge is 0.195 e. The number of hydrogen-bond donors (Lipinski definition) is 0. The van der Waals surface area contributed by atoms with Crippen molar-refractivity contribution in [2.45, 2.75) is 19.8 Å². The average Bonchev–Trinajstić information content (AvgIpc) is 2.81. The fraction of sp³-hybridized carbons (Fsp3) is 0.107. The fourth-order valence-corrected chi connectivity index (χ4v) is 7.31. The van der Waals surface area contributed by atoms with Crippen molar-refractivity contribution in [3.05, 3.63) is 113 Å². The highest BCUT2D eigenvalue weighted by Crippen LogP contribution is 2.34. The first-order valence-electron chi connectivity index (χ1n) is 10.5. The van der Waals surface area contributed by atoms with E-state index in [2.05, 4.69) is 111 Å². The summed E-state index contributed by atoms with van der Waals surface area (Å²) in [6.07, 6.45) is 0. The molecule has 0 saturated carbocycles. The van der Waals surface area contributed by atoms with Gasteiger partial charge in [0.2, 0.25) is 0 Å². The fourth-order valence-electron chi connectivity index (χ4n) is 3.96. The lowest BCUT2D eigenvalue weighted by Crippen LogP contribution is -2.21. The molecule has 1 heterocycles. The van der Waals surface area contributed by atoms with Crippen LogP contribution in [0.2, 0.25) is 0 Å². The largest absolute Gasteiger partial charge is 0.289 e. The molecule has 5 rings (SSSR count). The van der Waals surface area contributed by atoms with Gasteiger partial charge in [-0.1, -0.05) is 86.6 Å². The molecular weight excluding hydrogens is 415 g/mol. The van der Waals surface area contributed by atoms with Crippen molar-refractivity contribution in [2.24, 2.45) is 0 Å². The summed E-state index contributed by atoms with van der Waals surface area (Å²) in [7, 11) is -0.726. The van der Waals surface area contributed by atoms with Crippen LogP contribution in [0, 0.1) is 0 Å². The summed E-state index contributed by atoms with van der Waals surface area (Å²) in [4.78, 5) is 13.5. The van der Waals surface area contributed by atoms with Crippen LogP contribution in [0.5, 0.6) is 0 Å². The molecule has 0 spiro atoms. The van der Waals surface area contributed by atoms with Gasteiger partial charge in [-0.2, -0.15) is 0 Å². The lowest BCUT2D eigenvalue weighted by molar-refractivity contribution is 0.869. The van der Waals surface area contributed by atoms with Crippen LogP contribution in [0.1, 0.15) is 25.3 Å². The van der Waals surface area contributed by atoms with Crippen molar-refractivity contribution in [3.63, 3.8) is 0 Å². The molecule has 31 heavy (non-hydrogen) atoms. The van der Waals surface area contributed by atoms with Crippen LogP contribution in [-0.2, 0) is 0 Å². The van der Waals surface area contributed by atoms with E-state index in [0.717, 1.165) is 20.2 Å². The third kappa shape index (κ3) is 3.83. The second-order valence-electron chi connectivity index (χ2n) is 8.03. The Bertz CT molecular complexity index is 1380. The zero-order chi connectivity index (χ0) is 21.4. The Morgan fingerprint density at radius 3 is 1.77 bits per heavy atom. The Labute approximate surface area is 187 Å². The van der Waals surface area contributed by atoms with Crippen molar-refractivity contribution in [1.82, 2.24) is 0 Å². The van der Waals surface area contributed by atoms with Crippen LogP contribution >= 0.6 is 19.3 Å². The van der Waals surface area contributed by atoms with Gasteiger partial charge in [0.1, 0.15) is 0 Å². The van der Waals surface area contributed by atoms with Crippen LogP contribution in [0.3, 0.4) is 0 Å². The molecule has 5 aromatic rings. The minimum absolute atomic E-state index is 0.143. The van der Waals surface area contributed by atoms with E-state index in [1.807, 2.05) is 0 Å². The third-order valence-corrected chi connectivity index (χ3v) is 9.21. The van der Waals surface area contributed by atoms with Gasteiger partial charge in [-0.15, -0.1) is 11.3 Å². The molecule has 0 saturated heterocycles. The SMILES string of the molecule is CC(C)c1ccc2sc3ccc(P(c4ccccc4)c4ccccc4)cc3c(=O)c2c1. The molecule has 0 bridgehead atoms. The van der Waals surface area contributed by atoms with Crippen molar-refractivity contribution >= 4 is 55.3 Å². The van der Waals surface area contributed by atoms with Gasteiger partial charge in [0.15, 0.2) is 5.43 Å². The Morgan fingerprint density at radius 2 is 1.19 bits per heavy atom. The van der Waals surface area contributed by atoms with Crippen molar-refractivity contribution in [2.75, 3.05) is 0 Å². The second kappa shape index (κ2) is 8.38. The van der Waals surface area contributed by atoms with Gasteiger partial charge < -0.3 is 0 Å². The standard InChI is InChI=1S/C28H23OPS/c1-19(2)20-13-15-26-24(17-20)28(29)25-18-23(14-16-27(25)31-26)30(21-9-5-3-6-10-21)22-11-7-4-8-12-22/h3-19H,1-2H3. The maximum Gasteiger partial charge on any atom is 0.195 e. The zero-order valence-corrected chi connectivity index (χ0v) is 19.3. The normalized spacial score (nSPS) is 11.6. The second-order valence-corrected chi connectivity index (χ2v) is 11.3. The van der Waals surface area contributed by atoms with Crippen molar-refractivity contribution in [3.8, 4) is 0 Å². The predicted octanol–water partition coefficient (Wildman–Crippen LogP) is 6.30. The van der Waals surface area contributed by atoms with E-state index in [9.17, 15) is 4.79 Å². The quantitative estimate of drug-likeness (QED) is 0.238. The molecule has 3 heteroatoms. The van der Waals surface area contributed by atoms with Gasteiger partial charge in [0.05, 0.1) is 0 Å². The Morgan fingerprint density at radius 1 is 0.645 bits per heavy atom. The van der Waals surface area contributed by atoms with Crippen LogP contribution < -0.4 is 21.3 Å². The van der Waals surface area contributed by atoms with Crippen LogP contribution in [0.15, 0.2) is 102 Å². The number of rotatable bonds is 4. The Kier molecular flexibility index (Phi) is 5.44. The molecule has 0 aliphatic rings. The molecular formula is C28H23OPS. The number of benzene rings is 4. The minimum atomic E-state index is -0.726. The number of hydrogen-bond acceptors (Lipinski definition) is 2. The lowest BCUT2D eigenvalue weighted by Gasteiger charge is -2.19. The van der Waals surface area contributed by atoms with Crippen LogP contribution in [0.25, 0.3) is 20.2 Å². The van der Waals surface area contributed by atoms with E-state index in [1.54, 1.807) is 11.3 Å². The van der Waals surface area contributed by atoms with E-state index >= 15 is 0 Å². The molecule has 0 aliphatic carbocycles. The highest BCUT2D eigenvalue weighted by Gasteiger charge is 2.18. The van der Waals surface area contributed by atoms with E-state index in [4.69, 9.17) is 0 Å². The topological polar surface area (TPSA) is 17.1 Å². The lowest BCUT2D eigenvalue weighted by atomic mass is 10.0. The third-order valence-electron chi connectivity index (χ3n) is 5.63. The summed E-state index contributed by atoms with van der Waals surface area (Å²) in [6.45, 7) is 4.34. The summed E-state index contributed by atoms with van der Waals surface area (Å²) < 4.78 is 2.11. The van der Waals surface area contributed by atoms with Crippen LogP contribution in [-0.4, -0.2) is 0 Å². The maximum absolute atomic E-state index is 13.5. The van der Waals surface area contributed by atoms with Gasteiger partial charge in [-0.25, -0.2) is 0 Å². The summed E-state index contributed by atoms with van der Waals surface area (Å²) in [6, 6.07) is 34.1. The zero-order valence-electron chi connectivity index (χ0n) is 17.6. The minimum Gasteiger partial charge on any atom is -0.289 e. The highest BCUT2D eigenvalue weighted by atomic mass is 32.1. The molecule has 0 atom stereocenters. The number of fused-ring (bicyclic) bond motifs is 2. The van der Waals surface area contributed by atoms with E-state index in [0.29, 0.717) is 5.92 Å². The summed E-state index contributed by atoms with van der Waals surface area (Å²) in [5.41, 5.74) is 1.35. The molecule has 0 aliphatic heterocycles. The molecule has 0 unspecified atom stereocenters. The Balaban J connectivity index is 1.74. The molecule has 0 N–H and O–H groups in total. The first-order chi connectivity index (χ1) is 15.1. The van der Waals surface area contributed by atoms with Crippen molar-refractivity contribution in [1.29, 1.82) is 0 Å². The van der Waals surface area contributed by atoms with Crippen molar-refractivity contribution < 1.29 is 0 Å². The molecule has 1 aromatic heterocycles. The monoisotopic (exact) mass is 438 g/mol. The summed E-state index contributed by atoms with van der Waals surface area (Å²) in [5.74, 6) is 0.403. The summed E-state index contributed by atoms with van der Waals surface area (Å²) in [5, 5.41) is 5.47. The van der Waals surface area contributed by atoms with E-state index in [-0.39, 0.29) is 5.43 Å². The Hall–Kier alpha value is -2.80. The molecule has 1 nitrogen and oxygen atoms in total. The van der Waals surface area contributed by atoms with Gasteiger partial charge in [0.25, 0.3) is 0 Å².